The summed E-state index contributed by atoms with van der Waals surface area (Å²) in [6.07, 6.45) is 2.62. The van der Waals surface area contributed by atoms with E-state index in [9.17, 15) is 4.39 Å². The van der Waals surface area contributed by atoms with E-state index >= 15 is 0 Å². The van der Waals surface area contributed by atoms with E-state index in [1.165, 1.54) is 18.9 Å². The van der Waals surface area contributed by atoms with E-state index in [0.29, 0.717) is 17.5 Å². The molecule has 1 saturated heterocycles. The summed E-state index contributed by atoms with van der Waals surface area (Å²) in [5, 5.41) is 3.53. The van der Waals surface area contributed by atoms with Crippen LogP contribution in [0.5, 0.6) is 5.75 Å². The molecule has 1 aromatic rings. The standard InChI is InChI=1S/C14H19FN2O/c1-18-11-4-5-12(15)14(8-11)17-7-6-16-13(9-17)10-2-3-10/h4-5,8,10,13,16H,2-3,6-7,9H2,1H3. The Hall–Kier alpha value is -1.29. The second-order valence-electron chi connectivity index (χ2n) is 5.16. The fourth-order valence-corrected chi connectivity index (χ4v) is 2.67. The molecule has 1 aliphatic carbocycles. The van der Waals surface area contributed by atoms with Crippen LogP contribution >= 0.6 is 0 Å². The van der Waals surface area contributed by atoms with Crippen molar-refractivity contribution in [2.45, 2.75) is 18.9 Å². The minimum Gasteiger partial charge on any atom is -0.497 e. The van der Waals surface area contributed by atoms with Crippen molar-refractivity contribution in [1.82, 2.24) is 5.32 Å². The molecule has 1 N–H and O–H groups in total. The van der Waals surface area contributed by atoms with Crippen molar-refractivity contribution in [3.05, 3.63) is 24.0 Å². The van der Waals surface area contributed by atoms with Gasteiger partial charge in [-0.15, -0.1) is 0 Å². The highest BCUT2D eigenvalue weighted by molar-refractivity contribution is 5.52. The molecule has 1 aliphatic heterocycles. The van der Waals surface area contributed by atoms with E-state index in [-0.39, 0.29) is 5.82 Å². The molecule has 1 heterocycles. The SMILES string of the molecule is COc1ccc(F)c(N2CCNC(C3CC3)C2)c1. The second kappa shape index (κ2) is 4.76. The molecule has 1 saturated carbocycles. The first-order valence-corrected chi connectivity index (χ1v) is 6.60. The van der Waals surface area contributed by atoms with Gasteiger partial charge in [0.25, 0.3) is 0 Å². The average molecular weight is 250 g/mol. The number of piperazine rings is 1. The number of nitrogens with zero attached hydrogens (tertiary/aromatic N) is 1. The summed E-state index contributed by atoms with van der Waals surface area (Å²) in [6, 6.07) is 5.47. The van der Waals surface area contributed by atoms with E-state index in [1.54, 1.807) is 19.2 Å². The van der Waals surface area contributed by atoms with Gasteiger partial charge in [0.05, 0.1) is 12.8 Å². The number of halogens is 1. The van der Waals surface area contributed by atoms with Crippen LogP contribution in [0.2, 0.25) is 0 Å². The number of methoxy groups -OCH3 is 1. The van der Waals surface area contributed by atoms with E-state index < -0.39 is 0 Å². The Bertz CT molecular complexity index is 434. The maximum absolute atomic E-state index is 13.9. The number of benzene rings is 1. The highest BCUT2D eigenvalue weighted by Crippen LogP contribution is 2.35. The molecule has 0 bridgehead atoms. The smallest absolute Gasteiger partial charge is 0.146 e. The van der Waals surface area contributed by atoms with Gasteiger partial charge in [0.15, 0.2) is 0 Å². The normalized spacial score (nSPS) is 24.1. The molecule has 0 radical (unpaired) electrons. The topological polar surface area (TPSA) is 24.5 Å². The van der Waals surface area contributed by atoms with Crippen molar-refractivity contribution in [2.75, 3.05) is 31.6 Å². The van der Waals surface area contributed by atoms with Crippen molar-refractivity contribution in [3.63, 3.8) is 0 Å². The van der Waals surface area contributed by atoms with Gasteiger partial charge >= 0.3 is 0 Å². The molecule has 1 atom stereocenters. The summed E-state index contributed by atoms with van der Waals surface area (Å²) >= 11 is 0. The van der Waals surface area contributed by atoms with Gasteiger partial charge in [-0.1, -0.05) is 0 Å². The Morgan fingerprint density at radius 1 is 1.39 bits per heavy atom. The molecule has 0 aromatic heterocycles. The summed E-state index contributed by atoms with van der Waals surface area (Å²) < 4.78 is 19.1. The number of rotatable bonds is 3. The molecule has 3 nitrogen and oxygen atoms in total. The van der Waals surface area contributed by atoms with Crippen LogP contribution in [0.1, 0.15) is 12.8 Å². The lowest BCUT2D eigenvalue weighted by Gasteiger charge is -2.35. The lowest BCUT2D eigenvalue weighted by Crippen LogP contribution is -2.52. The Balaban J connectivity index is 1.79. The van der Waals surface area contributed by atoms with Crippen molar-refractivity contribution < 1.29 is 9.13 Å². The molecule has 98 valence electrons. The molecular weight excluding hydrogens is 231 g/mol. The van der Waals surface area contributed by atoms with Crippen LogP contribution in [0.25, 0.3) is 0 Å². The van der Waals surface area contributed by atoms with Gasteiger partial charge in [-0.25, -0.2) is 4.39 Å². The molecular formula is C14H19FN2O. The van der Waals surface area contributed by atoms with E-state index in [4.69, 9.17) is 4.74 Å². The van der Waals surface area contributed by atoms with Crippen LogP contribution in [0.3, 0.4) is 0 Å². The number of nitrogens with one attached hydrogen (secondary N) is 1. The van der Waals surface area contributed by atoms with E-state index in [2.05, 4.69) is 10.2 Å². The van der Waals surface area contributed by atoms with Crippen molar-refractivity contribution >= 4 is 5.69 Å². The van der Waals surface area contributed by atoms with Crippen molar-refractivity contribution in [1.29, 1.82) is 0 Å². The summed E-state index contributed by atoms with van der Waals surface area (Å²) in [5.41, 5.74) is 0.668. The molecule has 0 amide bonds. The number of hydrogen-bond acceptors (Lipinski definition) is 3. The van der Waals surface area contributed by atoms with Crippen molar-refractivity contribution in [2.24, 2.45) is 5.92 Å². The summed E-state index contributed by atoms with van der Waals surface area (Å²) in [7, 11) is 1.61. The third kappa shape index (κ3) is 2.29. The molecule has 0 spiro atoms. The minimum absolute atomic E-state index is 0.160. The first kappa shape index (κ1) is 11.8. The first-order chi connectivity index (χ1) is 8.78. The monoisotopic (exact) mass is 250 g/mol. The largest absolute Gasteiger partial charge is 0.497 e. The molecule has 2 aliphatic rings. The zero-order valence-corrected chi connectivity index (χ0v) is 10.7. The van der Waals surface area contributed by atoms with Crippen LogP contribution in [0.15, 0.2) is 18.2 Å². The third-order valence-corrected chi connectivity index (χ3v) is 3.89. The highest BCUT2D eigenvalue weighted by atomic mass is 19.1. The fraction of sp³-hybridized carbons (Fsp3) is 0.571. The van der Waals surface area contributed by atoms with Crippen LogP contribution in [0.4, 0.5) is 10.1 Å². The number of ether oxygens (including phenoxy) is 1. The molecule has 1 unspecified atom stereocenters. The van der Waals surface area contributed by atoms with Gasteiger partial charge in [0, 0.05) is 31.7 Å². The summed E-state index contributed by atoms with van der Waals surface area (Å²) in [5.74, 6) is 1.35. The van der Waals surface area contributed by atoms with Crippen LogP contribution in [-0.4, -0.2) is 32.8 Å². The molecule has 4 heteroatoms. The Morgan fingerprint density at radius 2 is 2.22 bits per heavy atom. The zero-order valence-electron chi connectivity index (χ0n) is 10.7. The lowest BCUT2D eigenvalue weighted by molar-refractivity contribution is 0.407. The third-order valence-electron chi connectivity index (χ3n) is 3.89. The quantitative estimate of drug-likeness (QED) is 0.888. The van der Waals surface area contributed by atoms with E-state index in [1.807, 2.05) is 0 Å². The maximum atomic E-state index is 13.9. The average Bonchev–Trinajstić information content (AvgIpc) is 3.24. The molecule has 1 aromatic carbocycles. The predicted octanol–water partition coefficient (Wildman–Crippen LogP) is 2.02. The lowest BCUT2D eigenvalue weighted by atomic mass is 10.1. The van der Waals surface area contributed by atoms with Crippen LogP contribution < -0.4 is 15.0 Å². The van der Waals surface area contributed by atoms with Crippen molar-refractivity contribution in [3.8, 4) is 5.75 Å². The number of hydrogen-bond donors (Lipinski definition) is 1. The van der Waals surface area contributed by atoms with Gasteiger partial charge in [-0.05, 0) is 30.9 Å². The van der Waals surface area contributed by atoms with E-state index in [0.717, 1.165) is 25.6 Å². The summed E-state index contributed by atoms with van der Waals surface area (Å²) in [4.78, 5) is 2.14. The first-order valence-electron chi connectivity index (χ1n) is 6.60. The highest BCUT2D eigenvalue weighted by Gasteiger charge is 2.34. The Labute approximate surface area is 107 Å². The van der Waals surface area contributed by atoms with Gasteiger partial charge in [0.2, 0.25) is 0 Å². The molecule has 2 fully saturated rings. The van der Waals surface area contributed by atoms with Crippen LogP contribution in [-0.2, 0) is 0 Å². The fourth-order valence-electron chi connectivity index (χ4n) is 2.67. The van der Waals surface area contributed by atoms with Gasteiger partial charge in [-0.3, -0.25) is 0 Å². The van der Waals surface area contributed by atoms with Gasteiger partial charge in [-0.2, -0.15) is 0 Å². The molecule has 18 heavy (non-hydrogen) atoms. The maximum Gasteiger partial charge on any atom is 0.146 e. The summed E-state index contributed by atoms with van der Waals surface area (Å²) in [6.45, 7) is 2.68. The van der Waals surface area contributed by atoms with Crippen LogP contribution in [0, 0.1) is 11.7 Å². The molecule has 3 rings (SSSR count). The minimum atomic E-state index is -0.160. The Kier molecular flexibility index (Phi) is 3.12. The zero-order chi connectivity index (χ0) is 12.5. The van der Waals surface area contributed by atoms with Gasteiger partial charge in [0.1, 0.15) is 11.6 Å². The Morgan fingerprint density at radius 3 is 2.94 bits per heavy atom. The second-order valence-corrected chi connectivity index (χ2v) is 5.16. The van der Waals surface area contributed by atoms with Gasteiger partial charge < -0.3 is 15.0 Å². The number of anilines is 1. The predicted molar refractivity (Wildman–Crippen MR) is 69.7 cm³/mol.